The molecule has 0 saturated heterocycles. The van der Waals surface area contributed by atoms with Crippen molar-refractivity contribution in [2.75, 3.05) is 12.3 Å². The van der Waals surface area contributed by atoms with Crippen molar-refractivity contribution in [2.24, 2.45) is 0 Å². The lowest BCUT2D eigenvalue weighted by Crippen LogP contribution is -2.34. The van der Waals surface area contributed by atoms with E-state index in [9.17, 15) is 15.0 Å². The minimum Gasteiger partial charge on any atom is -0.444 e. The number of amides is 1. The van der Waals surface area contributed by atoms with Crippen LogP contribution in [0.3, 0.4) is 0 Å². The fourth-order valence-corrected chi connectivity index (χ4v) is 2.94. The first kappa shape index (κ1) is 18.4. The average molecular weight is 353 g/mol. The van der Waals surface area contributed by atoms with Gasteiger partial charge in [0, 0.05) is 6.54 Å². The van der Waals surface area contributed by atoms with Gasteiger partial charge in [0.05, 0.1) is 16.3 Å². The van der Waals surface area contributed by atoms with Crippen LogP contribution >= 0.6 is 11.3 Å². The molecule has 1 amide bonds. The van der Waals surface area contributed by atoms with Crippen molar-refractivity contribution in [3.8, 4) is 0 Å². The highest BCUT2D eigenvalue weighted by Crippen LogP contribution is 2.28. The molecule has 2 aromatic rings. The smallest absolute Gasteiger partial charge is 0.407 e. The Morgan fingerprint density at radius 3 is 2.79 bits per heavy atom. The highest BCUT2D eigenvalue weighted by molar-refractivity contribution is 7.22. The van der Waals surface area contributed by atoms with Gasteiger partial charge in [-0.05, 0) is 44.9 Å². The van der Waals surface area contributed by atoms with Crippen LogP contribution in [-0.2, 0) is 4.74 Å². The third-order valence-electron chi connectivity index (χ3n) is 3.24. The number of nitrogens with two attached hydrogens (primary N) is 1. The van der Waals surface area contributed by atoms with E-state index in [-0.39, 0.29) is 13.0 Å². The third kappa shape index (κ3) is 5.05. The molecule has 0 saturated carbocycles. The van der Waals surface area contributed by atoms with Gasteiger partial charge in [0.1, 0.15) is 11.7 Å². The first-order chi connectivity index (χ1) is 11.2. The van der Waals surface area contributed by atoms with Crippen LogP contribution in [0.15, 0.2) is 18.2 Å². The molecule has 1 aromatic carbocycles. The summed E-state index contributed by atoms with van der Waals surface area (Å²) >= 11 is 1.32. The van der Waals surface area contributed by atoms with Crippen LogP contribution in [0.4, 0.5) is 9.93 Å². The molecule has 2 rings (SSSR count). The zero-order valence-corrected chi connectivity index (χ0v) is 14.8. The Bertz CT molecular complexity index is 711. The predicted octanol–water partition coefficient (Wildman–Crippen LogP) is 2.19. The standard InChI is InChI=1S/C16H23N3O4S/c1-16(2,3)23-15(22)18-7-6-11(20)13(21)9-4-5-10-12(8-9)24-14(17)19-10/h4-5,8,11,13,20-21H,6-7H2,1-3H3,(H2,17,19)(H,18,22). The number of fused-ring (bicyclic) bond motifs is 1. The fourth-order valence-electron chi connectivity index (χ4n) is 2.16. The molecule has 0 fully saturated rings. The van der Waals surface area contributed by atoms with Crippen LogP contribution in [0.2, 0.25) is 0 Å². The molecule has 0 bridgehead atoms. The van der Waals surface area contributed by atoms with E-state index in [1.807, 2.05) is 0 Å². The van der Waals surface area contributed by atoms with Gasteiger partial charge in [0.25, 0.3) is 0 Å². The molecule has 7 nitrogen and oxygen atoms in total. The average Bonchev–Trinajstić information content (AvgIpc) is 2.83. The Labute approximate surface area is 144 Å². The molecular formula is C16H23N3O4S. The zero-order chi connectivity index (χ0) is 17.9. The van der Waals surface area contributed by atoms with Gasteiger partial charge >= 0.3 is 6.09 Å². The van der Waals surface area contributed by atoms with Gasteiger partial charge in [-0.2, -0.15) is 0 Å². The van der Waals surface area contributed by atoms with Gasteiger partial charge < -0.3 is 26.0 Å². The van der Waals surface area contributed by atoms with E-state index in [4.69, 9.17) is 10.5 Å². The molecular weight excluding hydrogens is 330 g/mol. The molecule has 2 atom stereocenters. The summed E-state index contributed by atoms with van der Waals surface area (Å²) in [5.74, 6) is 0. The van der Waals surface area contributed by atoms with Crippen LogP contribution in [0.5, 0.6) is 0 Å². The molecule has 132 valence electrons. The van der Waals surface area contributed by atoms with E-state index >= 15 is 0 Å². The number of anilines is 1. The van der Waals surface area contributed by atoms with Crippen molar-refractivity contribution in [3.05, 3.63) is 23.8 Å². The Hall–Kier alpha value is -1.90. The number of aromatic nitrogens is 1. The second-order valence-corrected chi connectivity index (χ2v) is 7.57. The van der Waals surface area contributed by atoms with Crippen LogP contribution in [0, 0.1) is 0 Å². The number of hydrogen-bond acceptors (Lipinski definition) is 7. The number of carbonyl (C=O) groups excluding carboxylic acids is 1. The summed E-state index contributed by atoms with van der Waals surface area (Å²) in [5.41, 5.74) is 6.42. The number of benzene rings is 1. The van der Waals surface area contributed by atoms with Gasteiger partial charge in [-0.15, -0.1) is 0 Å². The number of aliphatic hydroxyl groups excluding tert-OH is 2. The van der Waals surface area contributed by atoms with Crippen molar-refractivity contribution in [1.29, 1.82) is 0 Å². The number of nitrogen functional groups attached to an aromatic ring is 1. The monoisotopic (exact) mass is 353 g/mol. The highest BCUT2D eigenvalue weighted by atomic mass is 32.1. The first-order valence-corrected chi connectivity index (χ1v) is 8.46. The van der Waals surface area contributed by atoms with E-state index in [1.165, 1.54) is 11.3 Å². The molecule has 0 aliphatic rings. The molecule has 5 N–H and O–H groups in total. The van der Waals surface area contributed by atoms with Gasteiger partial charge in [-0.1, -0.05) is 17.4 Å². The summed E-state index contributed by atoms with van der Waals surface area (Å²) in [6, 6.07) is 5.22. The number of aliphatic hydroxyl groups is 2. The second-order valence-electron chi connectivity index (χ2n) is 6.51. The molecule has 8 heteroatoms. The lowest BCUT2D eigenvalue weighted by molar-refractivity contribution is 0.0124. The summed E-state index contributed by atoms with van der Waals surface area (Å²) in [5, 5.41) is 23.4. The van der Waals surface area contributed by atoms with E-state index in [1.54, 1.807) is 39.0 Å². The SMILES string of the molecule is CC(C)(C)OC(=O)NCCC(O)C(O)c1ccc2nc(N)sc2c1. The van der Waals surface area contributed by atoms with E-state index in [0.29, 0.717) is 10.7 Å². The van der Waals surface area contributed by atoms with Crippen molar-refractivity contribution in [2.45, 2.75) is 45.0 Å². The molecule has 2 unspecified atom stereocenters. The van der Waals surface area contributed by atoms with E-state index in [0.717, 1.165) is 10.2 Å². The molecule has 0 aliphatic carbocycles. The van der Waals surface area contributed by atoms with Crippen LogP contribution in [0.25, 0.3) is 10.2 Å². The highest BCUT2D eigenvalue weighted by Gasteiger charge is 2.20. The van der Waals surface area contributed by atoms with E-state index < -0.39 is 23.9 Å². The van der Waals surface area contributed by atoms with Gasteiger partial charge in [0.2, 0.25) is 0 Å². The molecule has 24 heavy (non-hydrogen) atoms. The Kier molecular flexibility index (Phi) is 5.63. The van der Waals surface area contributed by atoms with Gasteiger partial charge in [0.15, 0.2) is 5.13 Å². The normalized spacial score (nSPS) is 14.4. The van der Waals surface area contributed by atoms with Crippen molar-refractivity contribution < 1.29 is 19.7 Å². The van der Waals surface area contributed by atoms with Crippen molar-refractivity contribution >= 4 is 32.8 Å². The zero-order valence-electron chi connectivity index (χ0n) is 13.9. The number of alkyl carbamates (subject to hydrolysis) is 1. The maximum absolute atomic E-state index is 11.5. The number of ether oxygens (including phenoxy) is 1. The number of nitrogens with one attached hydrogen (secondary N) is 1. The third-order valence-corrected chi connectivity index (χ3v) is 4.09. The quantitative estimate of drug-likeness (QED) is 0.654. The summed E-state index contributed by atoms with van der Waals surface area (Å²) in [6.07, 6.45) is -2.42. The van der Waals surface area contributed by atoms with Crippen molar-refractivity contribution in [3.63, 3.8) is 0 Å². The lowest BCUT2D eigenvalue weighted by Gasteiger charge is -2.21. The Morgan fingerprint density at radius 2 is 2.12 bits per heavy atom. The fraction of sp³-hybridized carbons (Fsp3) is 0.500. The summed E-state index contributed by atoms with van der Waals surface area (Å²) in [7, 11) is 0. The lowest BCUT2D eigenvalue weighted by atomic mass is 10.0. The van der Waals surface area contributed by atoms with Crippen molar-refractivity contribution in [1.82, 2.24) is 10.3 Å². The molecule has 0 radical (unpaired) electrons. The molecule has 1 heterocycles. The number of carbonyl (C=O) groups is 1. The summed E-state index contributed by atoms with van der Waals surface area (Å²) in [4.78, 5) is 15.7. The summed E-state index contributed by atoms with van der Waals surface area (Å²) in [6.45, 7) is 5.51. The predicted molar refractivity (Wildman–Crippen MR) is 93.9 cm³/mol. The first-order valence-electron chi connectivity index (χ1n) is 7.64. The maximum atomic E-state index is 11.5. The van der Waals surface area contributed by atoms with Gasteiger partial charge in [-0.3, -0.25) is 0 Å². The number of hydrogen-bond donors (Lipinski definition) is 4. The molecule has 1 aromatic heterocycles. The molecule has 0 aliphatic heterocycles. The summed E-state index contributed by atoms with van der Waals surface area (Å²) < 4.78 is 5.95. The number of thiazole rings is 1. The Morgan fingerprint density at radius 1 is 1.42 bits per heavy atom. The van der Waals surface area contributed by atoms with Crippen LogP contribution < -0.4 is 11.1 Å². The van der Waals surface area contributed by atoms with E-state index in [2.05, 4.69) is 10.3 Å². The van der Waals surface area contributed by atoms with Crippen LogP contribution in [-0.4, -0.2) is 39.5 Å². The topological polar surface area (TPSA) is 118 Å². The number of nitrogens with zero attached hydrogens (tertiary/aromatic N) is 1. The largest absolute Gasteiger partial charge is 0.444 e. The van der Waals surface area contributed by atoms with Crippen LogP contribution in [0.1, 0.15) is 38.9 Å². The Balaban J connectivity index is 1.88. The minimum atomic E-state index is -1.06. The maximum Gasteiger partial charge on any atom is 0.407 e. The number of rotatable bonds is 5. The second kappa shape index (κ2) is 7.33. The molecule has 0 spiro atoms. The minimum absolute atomic E-state index is 0.197. The van der Waals surface area contributed by atoms with Gasteiger partial charge in [-0.25, -0.2) is 9.78 Å².